The summed E-state index contributed by atoms with van der Waals surface area (Å²) in [5.74, 6) is 0.349. The van der Waals surface area contributed by atoms with Crippen molar-refractivity contribution in [3.63, 3.8) is 0 Å². The number of hydrogen-bond acceptors (Lipinski definition) is 3. The smallest absolute Gasteiger partial charge is 0.381 e. The molecule has 0 saturated heterocycles. The van der Waals surface area contributed by atoms with Gasteiger partial charge in [-0.1, -0.05) is 17.3 Å². The van der Waals surface area contributed by atoms with Gasteiger partial charge in [-0.25, -0.2) is 0 Å². The van der Waals surface area contributed by atoms with E-state index >= 15 is 0 Å². The summed E-state index contributed by atoms with van der Waals surface area (Å²) in [4.78, 5) is 0. The standard InChI is InChI=1S/C11H9F3N2O/c1-6-2-3-7(4-8(6)11(12,13)14)9-5-10(15)16-17-9/h2-5H,1H3,(H2,15,16). The second kappa shape index (κ2) is 3.80. The van der Waals surface area contributed by atoms with E-state index in [1.165, 1.54) is 25.1 Å². The number of nitrogen functional groups attached to an aromatic ring is 1. The Balaban J connectivity index is 2.51. The van der Waals surface area contributed by atoms with Gasteiger partial charge >= 0.3 is 6.18 Å². The van der Waals surface area contributed by atoms with Crippen LogP contribution in [0.3, 0.4) is 0 Å². The molecule has 0 aliphatic carbocycles. The Morgan fingerprint density at radius 1 is 1.24 bits per heavy atom. The Morgan fingerprint density at radius 3 is 2.47 bits per heavy atom. The molecule has 90 valence electrons. The summed E-state index contributed by atoms with van der Waals surface area (Å²) in [6.45, 7) is 1.40. The molecule has 6 heteroatoms. The van der Waals surface area contributed by atoms with Crippen LogP contribution in [0.4, 0.5) is 19.0 Å². The molecular weight excluding hydrogens is 233 g/mol. The van der Waals surface area contributed by atoms with E-state index in [1.54, 1.807) is 0 Å². The first kappa shape index (κ1) is 11.5. The highest BCUT2D eigenvalue weighted by atomic mass is 19.4. The zero-order chi connectivity index (χ0) is 12.6. The number of rotatable bonds is 1. The quantitative estimate of drug-likeness (QED) is 0.835. The average molecular weight is 242 g/mol. The van der Waals surface area contributed by atoms with E-state index in [1.807, 2.05) is 0 Å². The predicted octanol–water partition coefficient (Wildman–Crippen LogP) is 3.25. The van der Waals surface area contributed by atoms with Crippen molar-refractivity contribution >= 4 is 5.82 Å². The van der Waals surface area contributed by atoms with Crippen LogP contribution in [-0.4, -0.2) is 5.16 Å². The topological polar surface area (TPSA) is 52.0 Å². The minimum atomic E-state index is -4.38. The molecule has 0 fully saturated rings. The second-order valence-corrected chi connectivity index (χ2v) is 3.64. The van der Waals surface area contributed by atoms with Gasteiger partial charge in [-0.2, -0.15) is 13.2 Å². The van der Waals surface area contributed by atoms with Crippen LogP contribution in [0.25, 0.3) is 11.3 Å². The first-order valence-corrected chi connectivity index (χ1v) is 4.78. The largest absolute Gasteiger partial charge is 0.416 e. The van der Waals surface area contributed by atoms with Crippen molar-refractivity contribution in [1.29, 1.82) is 0 Å². The minimum absolute atomic E-state index is 0.133. The lowest BCUT2D eigenvalue weighted by Crippen LogP contribution is -2.07. The molecule has 2 N–H and O–H groups in total. The maximum Gasteiger partial charge on any atom is 0.416 e. The summed E-state index contributed by atoms with van der Waals surface area (Å²) in [6.07, 6.45) is -4.38. The number of benzene rings is 1. The highest BCUT2D eigenvalue weighted by Gasteiger charge is 2.32. The van der Waals surface area contributed by atoms with Gasteiger partial charge in [-0.3, -0.25) is 0 Å². The lowest BCUT2D eigenvalue weighted by Gasteiger charge is -2.10. The van der Waals surface area contributed by atoms with Crippen LogP contribution < -0.4 is 5.73 Å². The number of nitrogens with zero attached hydrogens (tertiary/aromatic N) is 1. The van der Waals surface area contributed by atoms with Crippen LogP contribution in [0.15, 0.2) is 28.8 Å². The third-order valence-electron chi connectivity index (χ3n) is 2.36. The van der Waals surface area contributed by atoms with Gasteiger partial charge in [0, 0.05) is 11.6 Å². The van der Waals surface area contributed by atoms with Gasteiger partial charge in [0.05, 0.1) is 5.56 Å². The van der Waals surface area contributed by atoms with Crippen molar-refractivity contribution in [2.24, 2.45) is 0 Å². The van der Waals surface area contributed by atoms with Gasteiger partial charge in [0.25, 0.3) is 0 Å². The van der Waals surface area contributed by atoms with Crippen LogP contribution >= 0.6 is 0 Å². The summed E-state index contributed by atoms with van der Waals surface area (Å²) in [7, 11) is 0. The molecule has 1 aromatic carbocycles. The molecule has 0 spiro atoms. The fourth-order valence-electron chi connectivity index (χ4n) is 1.51. The Labute approximate surface area is 95.0 Å². The van der Waals surface area contributed by atoms with E-state index in [9.17, 15) is 13.2 Å². The second-order valence-electron chi connectivity index (χ2n) is 3.64. The Kier molecular flexibility index (Phi) is 2.57. The summed E-state index contributed by atoms with van der Waals surface area (Å²) in [6, 6.07) is 5.32. The van der Waals surface area contributed by atoms with Gasteiger partial charge in [-0.05, 0) is 18.6 Å². The Bertz CT molecular complexity index is 546. The van der Waals surface area contributed by atoms with E-state index in [4.69, 9.17) is 10.3 Å². The lowest BCUT2D eigenvalue weighted by atomic mass is 10.0. The molecule has 2 aromatic rings. The molecule has 0 atom stereocenters. The van der Waals surface area contributed by atoms with Crippen molar-refractivity contribution in [2.75, 3.05) is 5.73 Å². The molecule has 1 heterocycles. The highest BCUT2D eigenvalue weighted by molar-refractivity contribution is 5.62. The normalized spacial score (nSPS) is 11.8. The van der Waals surface area contributed by atoms with Crippen LogP contribution in [0.2, 0.25) is 0 Å². The fourth-order valence-corrected chi connectivity index (χ4v) is 1.51. The summed E-state index contributed by atoms with van der Waals surface area (Å²) >= 11 is 0. The van der Waals surface area contributed by atoms with Crippen LogP contribution in [0, 0.1) is 6.92 Å². The van der Waals surface area contributed by atoms with Crippen LogP contribution in [0.1, 0.15) is 11.1 Å². The maximum atomic E-state index is 12.7. The third-order valence-corrected chi connectivity index (χ3v) is 2.36. The van der Waals surface area contributed by atoms with Crippen molar-refractivity contribution < 1.29 is 17.7 Å². The third kappa shape index (κ3) is 2.25. The zero-order valence-corrected chi connectivity index (χ0v) is 8.88. The van der Waals surface area contributed by atoms with Crippen molar-refractivity contribution in [1.82, 2.24) is 5.16 Å². The molecule has 3 nitrogen and oxygen atoms in total. The van der Waals surface area contributed by atoms with E-state index in [0.717, 1.165) is 6.07 Å². The number of nitrogens with two attached hydrogens (primary N) is 1. The highest BCUT2D eigenvalue weighted by Crippen LogP contribution is 2.34. The molecule has 0 radical (unpaired) electrons. The SMILES string of the molecule is Cc1ccc(-c2cc(N)no2)cc1C(F)(F)F. The number of halogens is 3. The van der Waals surface area contributed by atoms with Gasteiger partial charge in [0.2, 0.25) is 0 Å². The molecule has 0 aliphatic heterocycles. The number of aromatic nitrogens is 1. The lowest BCUT2D eigenvalue weighted by molar-refractivity contribution is -0.138. The van der Waals surface area contributed by atoms with E-state index in [-0.39, 0.29) is 17.1 Å². The van der Waals surface area contributed by atoms with Gasteiger partial charge in [0.1, 0.15) is 0 Å². The molecule has 2 rings (SSSR count). The van der Waals surface area contributed by atoms with Crippen molar-refractivity contribution in [3.8, 4) is 11.3 Å². The van der Waals surface area contributed by atoms with Gasteiger partial charge in [-0.15, -0.1) is 0 Å². The Hall–Kier alpha value is -1.98. The van der Waals surface area contributed by atoms with Crippen LogP contribution in [-0.2, 0) is 6.18 Å². The maximum absolute atomic E-state index is 12.7. The van der Waals surface area contributed by atoms with Crippen molar-refractivity contribution in [2.45, 2.75) is 13.1 Å². The number of hydrogen-bond donors (Lipinski definition) is 1. The molecule has 0 amide bonds. The van der Waals surface area contributed by atoms with E-state index in [0.29, 0.717) is 5.56 Å². The molecular formula is C11H9F3N2O. The van der Waals surface area contributed by atoms with E-state index in [2.05, 4.69) is 5.16 Å². The molecule has 1 aromatic heterocycles. The Morgan fingerprint density at radius 2 is 1.94 bits per heavy atom. The van der Waals surface area contributed by atoms with Crippen molar-refractivity contribution in [3.05, 3.63) is 35.4 Å². The summed E-state index contributed by atoms with van der Waals surface area (Å²) < 4.78 is 42.9. The molecule has 0 unspecified atom stereocenters. The van der Waals surface area contributed by atoms with Crippen LogP contribution in [0.5, 0.6) is 0 Å². The summed E-state index contributed by atoms with van der Waals surface area (Å²) in [5.41, 5.74) is 5.11. The average Bonchev–Trinajstić information content (AvgIpc) is 2.64. The fraction of sp³-hybridized carbons (Fsp3) is 0.182. The van der Waals surface area contributed by atoms with E-state index < -0.39 is 11.7 Å². The molecule has 0 saturated carbocycles. The minimum Gasteiger partial charge on any atom is -0.381 e. The first-order chi connectivity index (χ1) is 7.88. The predicted molar refractivity (Wildman–Crippen MR) is 56.1 cm³/mol. The zero-order valence-electron chi connectivity index (χ0n) is 8.88. The molecule has 17 heavy (non-hydrogen) atoms. The monoisotopic (exact) mass is 242 g/mol. The number of aryl methyl sites for hydroxylation is 1. The summed E-state index contributed by atoms with van der Waals surface area (Å²) in [5, 5.41) is 3.43. The van der Waals surface area contributed by atoms with Gasteiger partial charge < -0.3 is 10.3 Å². The molecule has 0 aliphatic rings. The first-order valence-electron chi connectivity index (χ1n) is 4.78. The van der Waals surface area contributed by atoms with Gasteiger partial charge in [0.15, 0.2) is 11.6 Å². The number of alkyl halides is 3. The number of anilines is 1. The molecule has 0 bridgehead atoms.